The van der Waals surface area contributed by atoms with Gasteiger partial charge in [0.25, 0.3) is 0 Å². The van der Waals surface area contributed by atoms with Crippen LogP contribution in [0.4, 0.5) is 5.13 Å². The summed E-state index contributed by atoms with van der Waals surface area (Å²) in [6, 6.07) is 15.1. The molecular weight excluding hydrogens is 390 g/mol. The van der Waals surface area contributed by atoms with Gasteiger partial charge < -0.3 is 10.1 Å². The molecular formula is C18H16ClN3O2S2. The first-order valence-corrected chi connectivity index (χ1v) is 9.94. The third kappa shape index (κ3) is 5.20. The highest BCUT2D eigenvalue weighted by molar-refractivity contribution is 8.00. The molecule has 1 amide bonds. The maximum Gasteiger partial charge on any atom is 0.230 e. The van der Waals surface area contributed by atoms with Crippen LogP contribution in [0, 0.1) is 0 Å². The number of aromatic nitrogens is 2. The highest BCUT2D eigenvalue weighted by atomic mass is 35.5. The average Bonchev–Trinajstić information content (AvgIpc) is 3.09. The van der Waals surface area contributed by atoms with Crippen molar-refractivity contribution in [2.24, 2.45) is 0 Å². The summed E-state index contributed by atoms with van der Waals surface area (Å²) in [6.07, 6.45) is 0.270. The molecule has 0 saturated carbocycles. The van der Waals surface area contributed by atoms with Crippen molar-refractivity contribution in [2.45, 2.75) is 16.5 Å². The van der Waals surface area contributed by atoms with E-state index in [2.05, 4.69) is 15.5 Å². The molecule has 26 heavy (non-hydrogen) atoms. The Morgan fingerprint density at radius 3 is 2.69 bits per heavy atom. The van der Waals surface area contributed by atoms with Crippen LogP contribution in [0.15, 0.2) is 52.9 Å². The van der Waals surface area contributed by atoms with Gasteiger partial charge in [0.2, 0.25) is 11.0 Å². The van der Waals surface area contributed by atoms with Gasteiger partial charge in [-0.25, -0.2) is 0 Å². The minimum absolute atomic E-state index is 0.131. The number of halogens is 1. The Morgan fingerprint density at radius 2 is 1.96 bits per heavy atom. The van der Waals surface area contributed by atoms with E-state index < -0.39 is 0 Å². The Bertz CT molecular complexity index is 884. The standard InChI is InChI=1S/C18H16ClN3O2S2/c1-24-14-8-6-12(7-9-14)10-16(23)20-17-21-22-18(26-17)25-11-13-4-2-3-5-15(13)19/h2-9H,10-11H2,1H3,(H,20,21,23). The van der Waals surface area contributed by atoms with E-state index in [4.69, 9.17) is 16.3 Å². The first kappa shape index (κ1) is 18.7. The summed E-state index contributed by atoms with van der Waals surface area (Å²) >= 11 is 9.04. The predicted molar refractivity (Wildman–Crippen MR) is 106 cm³/mol. The number of hydrogen-bond acceptors (Lipinski definition) is 6. The quantitative estimate of drug-likeness (QED) is 0.457. The largest absolute Gasteiger partial charge is 0.497 e. The molecule has 0 fully saturated rings. The number of amides is 1. The van der Waals surface area contributed by atoms with Gasteiger partial charge in [-0.05, 0) is 29.3 Å². The van der Waals surface area contributed by atoms with Gasteiger partial charge in [-0.1, -0.05) is 65.0 Å². The van der Waals surface area contributed by atoms with Crippen molar-refractivity contribution in [3.63, 3.8) is 0 Å². The monoisotopic (exact) mass is 405 g/mol. The molecule has 0 radical (unpaired) electrons. The van der Waals surface area contributed by atoms with Gasteiger partial charge in [0.05, 0.1) is 13.5 Å². The summed E-state index contributed by atoms with van der Waals surface area (Å²) in [6.45, 7) is 0. The van der Waals surface area contributed by atoms with Crippen molar-refractivity contribution in [3.05, 3.63) is 64.7 Å². The zero-order valence-corrected chi connectivity index (χ0v) is 16.3. The van der Waals surface area contributed by atoms with Crippen molar-refractivity contribution >= 4 is 45.7 Å². The van der Waals surface area contributed by atoms with Gasteiger partial charge in [-0.15, -0.1) is 10.2 Å². The lowest BCUT2D eigenvalue weighted by Gasteiger charge is -2.03. The fourth-order valence-electron chi connectivity index (χ4n) is 2.17. The van der Waals surface area contributed by atoms with Gasteiger partial charge in [-0.2, -0.15) is 0 Å². The number of carbonyl (C=O) groups excluding carboxylic acids is 1. The van der Waals surface area contributed by atoms with E-state index in [-0.39, 0.29) is 12.3 Å². The predicted octanol–water partition coefficient (Wildman–Crippen LogP) is 4.67. The third-order valence-electron chi connectivity index (χ3n) is 3.49. The van der Waals surface area contributed by atoms with E-state index in [0.29, 0.717) is 10.9 Å². The molecule has 0 aliphatic rings. The van der Waals surface area contributed by atoms with Gasteiger partial charge in [0, 0.05) is 10.8 Å². The van der Waals surface area contributed by atoms with E-state index in [1.807, 2.05) is 48.5 Å². The van der Waals surface area contributed by atoms with Crippen molar-refractivity contribution < 1.29 is 9.53 Å². The molecule has 1 heterocycles. The number of carbonyl (C=O) groups is 1. The second-order valence-electron chi connectivity index (χ2n) is 5.33. The van der Waals surface area contributed by atoms with Crippen LogP contribution in [0.1, 0.15) is 11.1 Å². The summed E-state index contributed by atoms with van der Waals surface area (Å²) in [7, 11) is 1.61. The Balaban J connectivity index is 1.52. The van der Waals surface area contributed by atoms with Crippen LogP contribution >= 0.6 is 34.7 Å². The summed E-state index contributed by atoms with van der Waals surface area (Å²) < 4.78 is 5.89. The number of hydrogen-bond donors (Lipinski definition) is 1. The number of thioether (sulfide) groups is 1. The summed E-state index contributed by atoms with van der Waals surface area (Å²) in [5, 5.41) is 12.1. The maximum absolute atomic E-state index is 12.1. The summed E-state index contributed by atoms with van der Waals surface area (Å²) in [4.78, 5) is 12.1. The van der Waals surface area contributed by atoms with Crippen LogP contribution in [-0.4, -0.2) is 23.2 Å². The molecule has 3 rings (SSSR count). The highest BCUT2D eigenvalue weighted by Gasteiger charge is 2.10. The highest BCUT2D eigenvalue weighted by Crippen LogP contribution is 2.30. The zero-order valence-electron chi connectivity index (χ0n) is 13.9. The van der Waals surface area contributed by atoms with Crippen molar-refractivity contribution in [1.82, 2.24) is 10.2 Å². The number of nitrogens with zero attached hydrogens (tertiary/aromatic N) is 2. The normalized spacial score (nSPS) is 10.5. The molecule has 0 unspecified atom stereocenters. The van der Waals surface area contributed by atoms with Gasteiger partial charge in [0.1, 0.15) is 5.75 Å². The molecule has 0 aliphatic carbocycles. The molecule has 1 N–H and O–H groups in total. The van der Waals surface area contributed by atoms with E-state index >= 15 is 0 Å². The molecule has 0 saturated heterocycles. The third-order valence-corrected chi connectivity index (χ3v) is 5.88. The molecule has 0 atom stereocenters. The van der Waals surface area contributed by atoms with Crippen LogP contribution in [-0.2, 0) is 17.0 Å². The molecule has 5 nitrogen and oxygen atoms in total. The molecule has 0 aliphatic heterocycles. The Hall–Kier alpha value is -2.09. The van der Waals surface area contributed by atoms with Crippen molar-refractivity contribution in [2.75, 3.05) is 12.4 Å². The Morgan fingerprint density at radius 1 is 1.19 bits per heavy atom. The molecule has 3 aromatic rings. The fraction of sp³-hybridized carbons (Fsp3) is 0.167. The molecule has 0 spiro atoms. The lowest BCUT2D eigenvalue weighted by atomic mass is 10.1. The Kier molecular flexibility index (Phi) is 6.49. The van der Waals surface area contributed by atoms with Crippen molar-refractivity contribution in [1.29, 1.82) is 0 Å². The molecule has 2 aromatic carbocycles. The topological polar surface area (TPSA) is 64.1 Å². The van der Waals surface area contributed by atoms with Gasteiger partial charge in [-0.3, -0.25) is 4.79 Å². The van der Waals surface area contributed by atoms with Crippen LogP contribution in [0.2, 0.25) is 5.02 Å². The minimum atomic E-state index is -0.131. The summed E-state index contributed by atoms with van der Waals surface area (Å²) in [5.41, 5.74) is 1.94. The van der Waals surface area contributed by atoms with E-state index in [1.165, 1.54) is 23.1 Å². The van der Waals surface area contributed by atoms with E-state index in [9.17, 15) is 4.79 Å². The number of methoxy groups -OCH3 is 1. The number of anilines is 1. The first-order chi connectivity index (χ1) is 12.6. The SMILES string of the molecule is COc1ccc(CC(=O)Nc2nnc(SCc3ccccc3Cl)s2)cc1. The smallest absolute Gasteiger partial charge is 0.230 e. The van der Waals surface area contributed by atoms with Crippen LogP contribution < -0.4 is 10.1 Å². The molecule has 8 heteroatoms. The van der Waals surface area contributed by atoms with Crippen LogP contribution in [0.5, 0.6) is 5.75 Å². The van der Waals surface area contributed by atoms with E-state index in [0.717, 1.165) is 26.2 Å². The first-order valence-electron chi connectivity index (χ1n) is 7.76. The lowest BCUT2D eigenvalue weighted by molar-refractivity contribution is -0.115. The Labute approximate surface area is 164 Å². The van der Waals surface area contributed by atoms with E-state index in [1.54, 1.807) is 7.11 Å². The zero-order chi connectivity index (χ0) is 18.4. The van der Waals surface area contributed by atoms with Gasteiger partial charge >= 0.3 is 0 Å². The molecule has 0 bridgehead atoms. The number of rotatable bonds is 7. The second kappa shape index (κ2) is 9.02. The summed E-state index contributed by atoms with van der Waals surface area (Å²) in [5.74, 6) is 1.33. The number of nitrogens with one attached hydrogen (secondary N) is 1. The second-order valence-corrected chi connectivity index (χ2v) is 7.93. The molecule has 134 valence electrons. The van der Waals surface area contributed by atoms with Gasteiger partial charge in [0.15, 0.2) is 4.34 Å². The molecule has 1 aromatic heterocycles. The lowest BCUT2D eigenvalue weighted by Crippen LogP contribution is -2.14. The van der Waals surface area contributed by atoms with Crippen LogP contribution in [0.25, 0.3) is 0 Å². The van der Waals surface area contributed by atoms with Crippen LogP contribution in [0.3, 0.4) is 0 Å². The maximum atomic E-state index is 12.1. The number of ether oxygens (including phenoxy) is 1. The average molecular weight is 406 g/mol. The van der Waals surface area contributed by atoms with Crippen molar-refractivity contribution in [3.8, 4) is 5.75 Å². The minimum Gasteiger partial charge on any atom is -0.497 e. The fourth-order valence-corrected chi connectivity index (χ4v) is 4.22. The number of benzene rings is 2.